The van der Waals surface area contributed by atoms with Crippen molar-refractivity contribution in [2.45, 2.75) is 25.4 Å². The van der Waals surface area contributed by atoms with Gasteiger partial charge in [0.25, 0.3) is 0 Å². The molecule has 1 unspecified atom stereocenters. The SMILES string of the molecule is CN1CCCc2cc(C(O)Cc3cn(C)nn3)ccc21. The zero-order chi connectivity index (χ0) is 14.1. The topological polar surface area (TPSA) is 54.2 Å². The van der Waals surface area contributed by atoms with Crippen LogP contribution >= 0.6 is 0 Å². The van der Waals surface area contributed by atoms with E-state index in [-0.39, 0.29) is 0 Å². The minimum Gasteiger partial charge on any atom is -0.388 e. The number of rotatable bonds is 3. The molecule has 1 atom stereocenters. The lowest BCUT2D eigenvalue weighted by atomic mass is 9.96. The van der Waals surface area contributed by atoms with Crippen molar-refractivity contribution in [3.8, 4) is 0 Å². The standard InChI is InChI=1S/C15H20N4O/c1-18-7-3-4-11-8-12(5-6-14(11)18)15(20)9-13-10-19(2)17-16-13/h5-6,8,10,15,20H,3-4,7,9H2,1-2H3. The molecule has 5 nitrogen and oxygen atoms in total. The maximum absolute atomic E-state index is 10.4. The molecule has 0 radical (unpaired) electrons. The first kappa shape index (κ1) is 13.1. The number of aliphatic hydroxyl groups is 1. The third-order valence-electron chi connectivity index (χ3n) is 3.89. The third kappa shape index (κ3) is 2.54. The highest BCUT2D eigenvalue weighted by atomic mass is 16.3. The second kappa shape index (κ2) is 5.25. The Labute approximate surface area is 118 Å². The maximum atomic E-state index is 10.4. The van der Waals surface area contributed by atoms with Gasteiger partial charge in [-0.3, -0.25) is 4.68 Å². The summed E-state index contributed by atoms with van der Waals surface area (Å²) < 4.78 is 1.66. The summed E-state index contributed by atoms with van der Waals surface area (Å²) in [4.78, 5) is 2.28. The Kier molecular flexibility index (Phi) is 3.44. The Morgan fingerprint density at radius 2 is 2.20 bits per heavy atom. The highest BCUT2D eigenvalue weighted by Gasteiger charge is 2.17. The van der Waals surface area contributed by atoms with Gasteiger partial charge in [0.2, 0.25) is 0 Å². The van der Waals surface area contributed by atoms with E-state index in [0.29, 0.717) is 6.42 Å². The minimum absolute atomic E-state index is 0.502. The number of benzene rings is 1. The van der Waals surface area contributed by atoms with E-state index in [9.17, 15) is 5.11 Å². The van der Waals surface area contributed by atoms with E-state index in [1.165, 1.54) is 17.7 Å². The van der Waals surface area contributed by atoms with Gasteiger partial charge in [-0.25, -0.2) is 0 Å². The number of hydrogen-bond acceptors (Lipinski definition) is 4. The normalized spacial score (nSPS) is 16.1. The van der Waals surface area contributed by atoms with Gasteiger partial charge in [0.1, 0.15) is 0 Å². The first-order chi connectivity index (χ1) is 9.63. The van der Waals surface area contributed by atoms with Gasteiger partial charge >= 0.3 is 0 Å². The van der Waals surface area contributed by atoms with Crippen LogP contribution in [0.15, 0.2) is 24.4 Å². The van der Waals surface area contributed by atoms with Crippen LogP contribution in [0, 0.1) is 0 Å². The third-order valence-corrected chi connectivity index (χ3v) is 3.89. The summed E-state index contributed by atoms with van der Waals surface area (Å²) in [5, 5.41) is 18.3. The van der Waals surface area contributed by atoms with Crippen LogP contribution in [0.2, 0.25) is 0 Å². The lowest BCUT2D eigenvalue weighted by molar-refractivity contribution is 0.177. The number of fused-ring (bicyclic) bond motifs is 1. The van der Waals surface area contributed by atoms with Crippen molar-refractivity contribution in [2.24, 2.45) is 7.05 Å². The van der Waals surface area contributed by atoms with E-state index in [0.717, 1.165) is 24.2 Å². The Morgan fingerprint density at radius 1 is 1.35 bits per heavy atom. The predicted molar refractivity (Wildman–Crippen MR) is 77.7 cm³/mol. The lowest BCUT2D eigenvalue weighted by Gasteiger charge is -2.28. The molecule has 1 aliphatic rings. The van der Waals surface area contributed by atoms with Gasteiger partial charge in [-0.15, -0.1) is 5.10 Å². The van der Waals surface area contributed by atoms with Crippen molar-refractivity contribution in [3.05, 3.63) is 41.2 Å². The van der Waals surface area contributed by atoms with E-state index in [1.54, 1.807) is 4.68 Å². The Morgan fingerprint density at radius 3 is 2.95 bits per heavy atom. The first-order valence-electron chi connectivity index (χ1n) is 7.01. The fourth-order valence-corrected chi connectivity index (χ4v) is 2.82. The Hall–Kier alpha value is -1.88. The van der Waals surface area contributed by atoms with Crippen molar-refractivity contribution in [1.29, 1.82) is 0 Å². The van der Waals surface area contributed by atoms with Gasteiger partial charge in [0, 0.05) is 38.9 Å². The van der Waals surface area contributed by atoms with Crippen LogP contribution in [0.3, 0.4) is 0 Å². The quantitative estimate of drug-likeness (QED) is 0.919. The zero-order valence-electron chi connectivity index (χ0n) is 12.0. The lowest BCUT2D eigenvalue weighted by Crippen LogP contribution is -2.24. The molecular weight excluding hydrogens is 252 g/mol. The summed E-state index contributed by atoms with van der Waals surface area (Å²) in [7, 11) is 3.95. The smallest absolute Gasteiger partial charge is 0.0856 e. The van der Waals surface area contributed by atoms with Gasteiger partial charge in [0.15, 0.2) is 0 Å². The van der Waals surface area contributed by atoms with Crippen LogP contribution in [0.1, 0.15) is 29.3 Å². The monoisotopic (exact) mass is 272 g/mol. The molecule has 5 heteroatoms. The summed E-state index contributed by atoms with van der Waals surface area (Å²) in [6.45, 7) is 1.11. The summed E-state index contributed by atoms with van der Waals surface area (Å²) in [5.41, 5.74) is 4.39. The fourth-order valence-electron chi connectivity index (χ4n) is 2.82. The summed E-state index contributed by atoms with van der Waals surface area (Å²) >= 11 is 0. The number of aromatic nitrogens is 3. The molecule has 1 aliphatic heterocycles. The van der Waals surface area contributed by atoms with E-state index in [1.807, 2.05) is 19.3 Å². The molecule has 0 saturated heterocycles. The van der Waals surface area contributed by atoms with Crippen molar-refractivity contribution >= 4 is 5.69 Å². The molecule has 1 aromatic carbocycles. The maximum Gasteiger partial charge on any atom is 0.0856 e. The van der Waals surface area contributed by atoms with Crippen LogP contribution in [0.5, 0.6) is 0 Å². The number of anilines is 1. The zero-order valence-corrected chi connectivity index (χ0v) is 12.0. The molecule has 3 rings (SSSR count). The highest BCUT2D eigenvalue weighted by molar-refractivity contribution is 5.56. The highest BCUT2D eigenvalue weighted by Crippen LogP contribution is 2.29. The first-order valence-corrected chi connectivity index (χ1v) is 7.01. The minimum atomic E-state index is -0.524. The van der Waals surface area contributed by atoms with Crippen LogP contribution < -0.4 is 4.90 Å². The molecule has 0 bridgehead atoms. The van der Waals surface area contributed by atoms with Crippen LogP contribution in [-0.4, -0.2) is 33.7 Å². The molecular formula is C15H20N4O. The molecule has 1 aromatic heterocycles. The predicted octanol–water partition coefficient (Wildman–Crippen LogP) is 1.47. The van der Waals surface area contributed by atoms with Gasteiger partial charge < -0.3 is 10.0 Å². The van der Waals surface area contributed by atoms with E-state index >= 15 is 0 Å². The van der Waals surface area contributed by atoms with Crippen LogP contribution in [0.4, 0.5) is 5.69 Å². The molecule has 20 heavy (non-hydrogen) atoms. The fraction of sp³-hybridized carbons (Fsp3) is 0.467. The number of aryl methyl sites for hydroxylation is 2. The van der Waals surface area contributed by atoms with Crippen LogP contribution in [0.25, 0.3) is 0 Å². The molecule has 106 valence electrons. The van der Waals surface area contributed by atoms with E-state index < -0.39 is 6.10 Å². The molecule has 0 spiro atoms. The molecule has 1 N–H and O–H groups in total. The van der Waals surface area contributed by atoms with Gasteiger partial charge in [0.05, 0.1) is 11.8 Å². The van der Waals surface area contributed by atoms with Crippen molar-refractivity contribution in [1.82, 2.24) is 15.0 Å². The van der Waals surface area contributed by atoms with Crippen molar-refractivity contribution in [2.75, 3.05) is 18.5 Å². The molecule has 0 saturated carbocycles. The number of hydrogen-bond donors (Lipinski definition) is 1. The largest absolute Gasteiger partial charge is 0.388 e. The second-order valence-corrected chi connectivity index (χ2v) is 5.52. The van der Waals surface area contributed by atoms with Gasteiger partial charge in [-0.2, -0.15) is 0 Å². The Bertz CT molecular complexity index is 608. The van der Waals surface area contributed by atoms with Gasteiger partial charge in [-0.05, 0) is 30.0 Å². The van der Waals surface area contributed by atoms with Crippen molar-refractivity contribution in [3.63, 3.8) is 0 Å². The van der Waals surface area contributed by atoms with Crippen molar-refractivity contribution < 1.29 is 5.11 Å². The summed E-state index contributed by atoms with van der Waals surface area (Å²) in [5.74, 6) is 0. The Balaban J connectivity index is 1.80. The van der Waals surface area contributed by atoms with Crippen LogP contribution in [-0.2, 0) is 19.9 Å². The summed E-state index contributed by atoms with van der Waals surface area (Å²) in [6, 6.07) is 6.26. The molecule has 0 aliphatic carbocycles. The molecule has 2 heterocycles. The average molecular weight is 272 g/mol. The second-order valence-electron chi connectivity index (χ2n) is 5.52. The molecule has 2 aromatic rings. The summed E-state index contributed by atoms with van der Waals surface area (Å²) in [6.07, 6.45) is 4.08. The van der Waals surface area contributed by atoms with E-state index in [4.69, 9.17) is 0 Å². The molecule has 0 amide bonds. The average Bonchev–Trinajstić information content (AvgIpc) is 2.84. The number of aliphatic hydroxyl groups excluding tert-OH is 1. The van der Waals surface area contributed by atoms with E-state index in [2.05, 4.69) is 34.4 Å². The van der Waals surface area contributed by atoms with Gasteiger partial charge in [-0.1, -0.05) is 17.3 Å². The molecule has 0 fully saturated rings. The number of nitrogens with zero attached hydrogens (tertiary/aromatic N) is 4.